The second kappa shape index (κ2) is 16.2. The van der Waals surface area contributed by atoms with E-state index in [1.54, 1.807) is 6.92 Å². The third-order valence-electron chi connectivity index (χ3n) is 5.42. The lowest BCUT2D eigenvalue weighted by molar-refractivity contribution is -0.117. The minimum atomic E-state index is 0.289. The van der Waals surface area contributed by atoms with E-state index in [0.717, 1.165) is 12.8 Å². The number of unbranched alkanes of at least 4 members (excludes halogenated alkanes) is 13. The van der Waals surface area contributed by atoms with Crippen LogP contribution in [0, 0.1) is 0 Å². The molecule has 1 rings (SSSR count). The van der Waals surface area contributed by atoms with Gasteiger partial charge in [0.05, 0.1) is 12.1 Å². The van der Waals surface area contributed by atoms with Gasteiger partial charge in [-0.2, -0.15) is 5.11 Å². The Morgan fingerprint density at radius 3 is 1.69 bits per heavy atom. The molecule has 0 amide bonds. The van der Waals surface area contributed by atoms with Gasteiger partial charge in [-0.15, -0.1) is 0 Å². The molecular formula is C21H42N4O. The van der Waals surface area contributed by atoms with Crippen LogP contribution in [0.2, 0.25) is 0 Å². The monoisotopic (exact) mass is 366 g/mol. The van der Waals surface area contributed by atoms with Gasteiger partial charge >= 0.3 is 0 Å². The molecule has 0 radical (unpaired) electrons. The van der Waals surface area contributed by atoms with Gasteiger partial charge in [-0.25, -0.2) is 11.0 Å². The standard InChI is InChI=1S/C21H42N4O/c1-19(26)17-15-13-11-9-7-5-3-4-6-8-10-12-14-16-18-21-20(2)22-24-25-23-21/h20-21H,3-18H2,1-2H3,(H,22,25)(H,23,24). The lowest BCUT2D eigenvalue weighted by Gasteiger charge is -2.24. The minimum absolute atomic E-state index is 0.289. The highest BCUT2D eigenvalue weighted by Crippen LogP contribution is 2.15. The Labute approximate surface area is 161 Å². The first-order chi connectivity index (χ1) is 12.7. The molecule has 0 aromatic rings. The van der Waals surface area contributed by atoms with Crippen LogP contribution in [0.15, 0.2) is 10.3 Å². The summed E-state index contributed by atoms with van der Waals surface area (Å²) in [5, 5.41) is 7.93. The average molecular weight is 367 g/mol. The molecule has 1 aliphatic heterocycles. The van der Waals surface area contributed by atoms with Crippen LogP contribution >= 0.6 is 0 Å². The van der Waals surface area contributed by atoms with Crippen molar-refractivity contribution in [1.29, 1.82) is 0 Å². The number of hydrazine groups is 1. The van der Waals surface area contributed by atoms with Gasteiger partial charge < -0.3 is 4.79 Å². The fourth-order valence-electron chi connectivity index (χ4n) is 3.61. The van der Waals surface area contributed by atoms with Gasteiger partial charge in [-0.05, 0) is 26.7 Å². The Bertz CT molecular complexity index is 373. The molecule has 1 aliphatic rings. The molecule has 2 N–H and O–H groups in total. The van der Waals surface area contributed by atoms with Crippen LogP contribution in [0.3, 0.4) is 0 Å². The first-order valence-corrected chi connectivity index (χ1v) is 11.1. The van der Waals surface area contributed by atoms with Gasteiger partial charge in [0.15, 0.2) is 0 Å². The molecule has 152 valence electrons. The minimum Gasteiger partial charge on any atom is -0.300 e. The van der Waals surface area contributed by atoms with Crippen LogP contribution in [0.5, 0.6) is 0 Å². The number of ketones is 1. The highest BCUT2D eigenvalue weighted by Gasteiger charge is 2.18. The van der Waals surface area contributed by atoms with Gasteiger partial charge in [0.1, 0.15) is 5.78 Å². The quantitative estimate of drug-likeness (QED) is 0.308. The van der Waals surface area contributed by atoms with Crippen molar-refractivity contribution in [2.75, 3.05) is 0 Å². The number of nitrogens with one attached hydrogen (secondary N) is 2. The lowest BCUT2D eigenvalue weighted by atomic mass is 10.0. The summed E-state index contributed by atoms with van der Waals surface area (Å²) in [6.45, 7) is 3.82. The van der Waals surface area contributed by atoms with E-state index in [2.05, 4.69) is 28.2 Å². The average Bonchev–Trinajstić information content (AvgIpc) is 2.62. The summed E-state index contributed by atoms with van der Waals surface area (Å²) in [4.78, 5) is 10.8. The molecule has 5 nitrogen and oxygen atoms in total. The molecule has 1 heterocycles. The summed E-state index contributed by atoms with van der Waals surface area (Å²) in [5.74, 6) is 0.338. The predicted molar refractivity (Wildman–Crippen MR) is 109 cm³/mol. The molecule has 2 unspecified atom stereocenters. The molecule has 0 bridgehead atoms. The Kier molecular flexibility index (Phi) is 14.4. The summed E-state index contributed by atoms with van der Waals surface area (Å²) in [6, 6.07) is 0.721. The van der Waals surface area contributed by atoms with Gasteiger partial charge in [0, 0.05) is 6.42 Å². The Morgan fingerprint density at radius 1 is 0.769 bits per heavy atom. The summed E-state index contributed by atoms with van der Waals surface area (Å²) in [6.07, 6.45) is 20.7. The number of nitrogens with zero attached hydrogens (tertiary/aromatic N) is 2. The maximum Gasteiger partial charge on any atom is 0.129 e. The molecule has 5 heteroatoms. The topological polar surface area (TPSA) is 65.8 Å². The number of hydrogen-bond donors (Lipinski definition) is 2. The maximum absolute atomic E-state index is 10.8. The fraction of sp³-hybridized carbons (Fsp3) is 0.952. The molecule has 0 aliphatic carbocycles. The van der Waals surface area contributed by atoms with E-state index in [0.29, 0.717) is 11.8 Å². The third kappa shape index (κ3) is 13.3. The van der Waals surface area contributed by atoms with Crippen molar-refractivity contribution in [2.45, 2.75) is 129 Å². The summed E-state index contributed by atoms with van der Waals surface area (Å²) >= 11 is 0. The number of carbonyl (C=O) groups excluding carboxylic acids is 1. The van der Waals surface area contributed by atoms with E-state index < -0.39 is 0 Å². The zero-order valence-corrected chi connectivity index (χ0v) is 17.3. The first-order valence-electron chi connectivity index (χ1n) is 11.1. The van der Waals surface area contributed by atoms with E-state index in [-0.39, 0.29) is 6.04 Å². The van der Waals surface area contributed by atoms with E-state index in [4.69, 9.17) is 0 Å². The SMILES string of the molecule is CC(=O)CCCCCCCCCCCCCCCCC1NNN=NC1C. The fourth-order valence-corrected chi connectivity index (χ4v) is 3.61. The second-order valence-electron chi connectivity index (χ2n) is 8.01. The molecule has 0 aromatic heterocycles. The van der Waals surface area contributed by atoms with Crippen molar-refractivity contribution in [1.82, 2.24) is 11.0 Å². The molecule has 0 spiro atoms. The lowest BCUT2D eigenvalue weighted by Crippen LogP contribution is -2.46. The molecule has 26 heavy (non-hydrogen) atoms. The third-order valence-corrected chi connectivity index (χ3v) is 5.42. The van der Waals surface area contributed by atoms with Crippen LogP contribution in [-0.4, -0.2) is 17.9 Å². The van der Waals surface area contributed by atoms with E-state index in [1.807, 2.05) is 0 Å². The highest BCUT2D eigenvalue weighted by atomic mass is 16.1. The van der Waals surface area contributed by atoms with Crippen molar-refractivity contribution >= 4 is 5.78 Å². The summed E-state index contributed by atoms with van der Waals surface area (Å²) in [5.41, 5.74) is 5.97. The van der Waals surface area contributed by atoms with Crippen LogP contribution in [-0.2, 0) is 4.79 Å². The number of Topliss-reactive ketones (excluding diaryl/α,β-unsaturated/α-hetero) is 1. The molecule has 0 saturated carbocycles. The zero-order chi connectivity index (χ0) is 18.9. The number of rotatable bonds is 17. The maximum atomic E-state index is 10.8. The van der Waals surface area contributed by atoms with E-state index in [1.165, 1.54) is 89.9 Å². The van der Waals surface area contributed by atoms with Crippen LogP contribution in [0.1, 0.15) is 117 Å². The molecule has 2 atom stereocenters. The second-order valence-corrected chi connectivity index (χ2v) is 8.01. The van der Waals surface area contributed by atoms with Crippen LogP contribution < -0.4 is 11.0 Å². The van der Waals surface area contributed by atoms with Gasteiger partial charge in [0.2, 0.25) is 0 Å². The van der Waals surface area contributed by atoms with Crippen LogP contribution in [0.4, 0.5) is 0 Å². The smallest absolute Gasteiger partial charge is 0.129 e. The van der Waals surface area contributed by atoms with Crippen molar-refractivity contribution in [2.24, 2.45) is 10.3 Å². The molecule has 0 fully saturated rings. The summed E-state index contributed by atoms with van der Waals surface area (Å²) < 4.78 is 0. The Hall–Kier alpha value is -0.970. The van der Waals surface area contributed by atoms with E-state index >= 15 is 0 Å². The van der Waals surface area contributed by atoms with E-state index in [9.17, 15) is 4.79 Å². The number of carbonyl (C=O) groups is 1. The van der Waals surface area contributed by atoms with Crippen molar-refractivity contribution < 1.29 is 4.79 Å². The van der Waals surface area contributed by atoms with Gasteiger partial charge in [0.25, 0.3) is 0 Å². The van der Waals surface area contributed by atoms with Crippen molar-refractivity contribution in [3.8, 4) is 0 Å². The van der Waals surface area contributed by atoms with Crippen molar-refractivity contribution in [3.63, 3.8) is 0 Å². The predicted octanol–water partition coefficient (Wildman–Crippen LogP) is 6.05. The molecular weight excluding hydrogens is 324 g/mol. The first kappa shape index (κ1) is 23.1. The van der Waals surface area contributed by atoms with Crippen molar-refractivity contribution in [3.05, 3.63) is 0 Å². The van der Waals surface area contributed by atoms with Crippen LogP contribution in [0.25, 0.3) is 0 Å². The molecule has 0 aromatic carbocycles. The van der Waals surface area contributed by atoms with Gasteiger partial charge in [-0.3, -0.25) is 0 Å². The number of hydrogen-bond acceptors (Lipinski definition) is 5. The Morgan fingerprint density at radius 2 is 1.23 bits per heavy atom. The zero-order valence-electron chi connectivity index (χ0n) is 17.3. The van der Waals surface area contributed by atoms with Gasteiger partial charge in [-0.1, -0.05) is 88.7 Å². The highest BCUT2D eigenvalue weighted by molar-refractivity contribution is 5.75. The normalized spacial score (nSPS) is 19.5. The molecule has 0 saturated heterocycles. The Balaban J connectivity index is 1.72. The largest absolute Gasteiger partial charge is 0.300 e. The summed E-state index contributed by atoms with van der Waals surface area (Å²) in [7, 11) is 0.